The third-order valence-electron chi connectivity index (χ3n) is 2.13. The van der Waals surface area contributed by atoms with Crippen molar-refractivity contribution in [2.75, 3.05) is 7.11 Å². The Morgan fingerprint density at radius 3 is 2.61 bits per heavy atom. The number of halogens is 1. The van der Waals surface area contributed by atoms with E-state index < -0.39 is 5.41 Å². The zero-order chi connectivity index (χ0) is 13.8. The maximum Gasteiger partial charge on any atom is 0.340 e. The summed E-state index contributed by atoms with van der Waals surface area (Å²) in [7, 11) is 1.57. The molecule has 0 atom stereocenters. The molecule has 0 saturated heterocycles. The minimum absolute atomic E-state index is 0.382. The first-order chi connectivity index (χ1) is 8.34. The lowest BCUT2D eigenvalue weighted by Crippen LogP contribution is -2.21. The number of carbonyl (C=O) groups excluding carboxylic acids is 1. The predicted octanol–water partition coefficient (Wildman–Crippen LogP) is 3.38. The smallest absolute Gasteiger partial charge is 0.340 e. The van der Waals surface area contributed by atoms with E-state index in [2.05, 4.69) is 21.1 Å². The lowest BCUT2D eigenvalue weighted by molar-refractivity contribution is -0.152. The summed E-state index contributed by atoms with van der Waals surface area (Å²) >= 11 is 3.35. The molecule has 0 spiro atoms. The van der Waals surface area contributed by atoms with E-state index in [0.717, 1.165) is 10.0 Å². The van der Waals surface area contributed by atoms with Crippen LogP contribution in [0.5, 0.6) is 5.75 Å². The van der Waals surface area contributed by atoms with E-state index in [1.54, 1.807) is 33.9 Å². The molecular formula is C13H16BrNO3. The van der Waals surface area contributed by atoms with Crippen LogP contribution in [0.2, 0.25) is 0 Å². The van der Waals surface area contributed by atoms with E-state index in [1.807, 2.05) is 12.1 Å². The van der Waals surface area contributed by atoms with Crippen molar-refractivity contribution in [1.82, 2.24) is 0 Å². The number of nitrogens with zero attached hydrogens (tertiary/aromatic N) is 1. The summed E-state index contributed by atoms with van der Waals surface area (Å²) in [6.07, 6.45) is 1.45. The van der Waals surface area contributed by atoms with Crippen LogP contribution in [0, 0.1) is 5.41 Å². The highest BCUT2D eigenvalue weighted by molar-refractivity contribution is 9.10. The molecule has 1 aromatic carbocycles. The summed E-state index contributed by atoms with van der Waals surface area (Å²) in [5.74, 6) is 0.279. The maximum atomic E-state index is 11.5. The molecule has 5 heteroatoms. The Morgan fingerprint density at radius 1 is 1.39 bits per heavy atom. The molecule has 0 aliphatic carbocycles. The van der Waals surface area contributed by atoms with Crippen molar-refractivity contribution in [1.29, 1.82) is 0 Å². The fourth-order valence-corrected chi connectivity index (χ4v) is 1.45. The molecule has 0 aromatic heterocycles. The number of methoxy groups -OCH3 is 1. The van der Waals surface area contributed by atoms with E-state index >= 15 is 0 Å². The van der Waals surface area contributed by atoms with Crippen molar-refractivity contribution >= 4 is 28.1 Å². The Bertz CT molecular complexity index is 464. The minimum Gasteiger partial charge on any atom is -0.496 e. The first-order valence-electron chi connectivity index (χ1n) is 5.43. The van der Waals surface area contributed by atoms with Crippen LogP contribution in [0.15, 0.2) is 27.8 Å². The Kier molecular flexibility index (Phi) is 4.90. The highest BCUT2D eigenvalue weighted by atomic mass is 79.9. The van der Waals surface area contributed by atoms with Gasteiger partial charge in [-0.25, -0.2) is 4.79 Å². The first-order valence-corrected chi connectivity index (χ1v) is 6.22. The molecule has 0 fully saturated rings. The van der Waals surface area contributed by atoms with Gasteiger partial charge in [-0.15, -0.1) is 0 Å². The van der Waals surface area contributed by atoms with Crippen LogP contribution in [0.3, 0.4) is 0 Å². The van der Waals surface area contributed by atoms with Crippen molar-refractivity contribution in [3.8, 4) is 5.75 Å². The van der Waals surface area contributed by atoms with Gasteiger partial charge in [0.1, 0.15) is 5.75 Å². The topological polar surface area (TPSA) is 47.9 Å². The van der Waals surface area contributed by atoms with Crippen molar-refractivity contribution in [2.24, 2.45) is 10.6 Å². The van der Waals surface area contributed by atoms with Gasteiger partial charge in [0.2, 0.25) is 0 Å². The van der Waals surface area contributed by atoms with Gasteiger partial charge >= 0.3 is 5.97 Å². The highest BCUT2D eigenvalue weighted by Crippen LogP contribution is 2.21. The second-order valence-corrected chi connectivity index (χ2v) is 5.67. The number of hydrogen-bond acceptors (Lipinski definition) is 4. The number of ether oxygens (including phenoxy) is 1. The van der Waals surface area contributed by atoms with Crippen LogP contribution < -0.4 is 4.74 Å². The molecule has 0 N–H and O–H groups in total. The van der Waals surface area contributed by atoms with Crippen LogP contribution in [-0.4, -0.2) is 19.3 Å². The monoisotopic (exact) mass is 313 g/mol. The Morgan fingerprint density at radius 2 is 2.06 bits per heavy atom. The largest absolute Gasteiger partial charge is 0.496 e. The molecule has 1 rings (SSSR count). The van der Waals surface area contributed by atoms with Crippen molar-refractivity contribution in [3.05, 3.63) is 28.2 Å². The fraction of sp³-hybridized carbons (Fsp3) is 0.385. The second kappa shape index (κ2) is 6.00. The minimum atomic E-state index is -0.571. The van der Waals surface area contributed by atoms with Crippen LogP contribution >= 0.6 is 15.9 Å². The van der Waals surface area contributed by atoms with Gasteiger partial charge in [-0.05, 0) is 39.0 Å². The number of carbonyl (C=O) groups is 1. The average Bonchev–Trinajstić information content (AvgIpc) is 2.28. The fourth-order valence-electron chi connectivity index (χ4n) is 1.07. The predicted molar refractivity (Wildman–Crippen MR) is 73.8 cm³/mol. The summed E-state index contributed by atoms with van der Waals surface area (Å²) in [6, 6.07) is 5.49. The maximum absolute atomic E-state index is 11.5. The first kappa shape index (κ1) is 14.7. The number of hydrogen-bond donors (Lipinski definition) is 0. The molecular weight excluding hydrogens is 298 g/mol. The molecule has 0 amide bonds. The number of oxime groups is 1. The molecule has 0 aliphatic heterocycles. The van der Waals surface area contributed by atoms with Crippen molar-refractivity contribution in [2.45, 2.75) is 20.8 Å². The van der Waals surface area contributed by atoms with Gasteiger partial charge in [-0.3, -0.25) is 0 Å². The Balaban J connectivity index is 2.79. The Labute approximate surface area is 115 Å². The Hall–Kier alpha value is -1.36. The quantitative estimate of drug-likeness (QED) is 0.488. The SMILES string of the molecule is COc1ccc(Br)cc1C=NOC(=O)C(C)(C)C. The normalized spacial score (nSPS) is 11.6. The van der Waals surface area contributed by atoms with Crippen LogP contribution in [0.4, 0.5) is 0 Å². The molecule has 0 heterocycles. The molecule has 98 valence electrons. The molecule has 0 saturated carbocycles. The van der Waals surface area contributed by atoms with Gasteiger partial charge < -0.3 is 9.57 Å². The van der Waals surface area contributed by atoms with Crippen LogP contribution in [0.1, 0.15) is 26.3 Å². The van der Waals surface area contributed by atoms with Crippen molar-refractivity contribution < 1.29 is 14.4 Å². The van der Waals surface area contributed by atoms with E-state index in [4.69, 9.17) is 9.57 Å². The van der Waals surface area contributed by atoms with Gasteiger partial charge in [0.15, 0.2) is 0 Å². The molecule has 0 unspecified atom stereocenters. The average molecular weight is 314 g/mol. The van der Waals surface area contributed by atoms with E-state index in [9.17, 15) is 4.79 Å². The van der Waals surface area contributed by atoms with Crippen LogP contribution in [0.25, 0.3) is 0 Å². The summed E-state index contributed by atoms with van der Waals surface area (Å²) < 4.78 is 6.07. The summed E-state index contributed by atoms with van der Waals surface area (Å²) in [5, 5.41) is 3.68. The van der Waals surface area contributed by atoms with E-state index in [1.165, 1.54) is 6.21 Å². The summed E-state index contributed by atoms with van der Waals surface area (Å²) in [5.41, 5.74) is 0.159. The van der Waals surface area contributed by atoms with Gasteiger partial charge in [-0.1, -0.05) is 21.1 Å². The van der Waals surface area contributed by atoms with E-state index in [0.29, 0.717) is 5.75 Å². The van der Waals surface area contributed by atoms with Crippen LogP contribution in [-0.2, 0) is 9.63 Å². The second-order valence-electron chi connectivity index (χ2n) is 4.75. The van der Waals surface area contributed by atoms with Gasteiger partial charge in [0, 0.05) is 10.0 Å². The zero-order valence-electron chi connectivity index (χ0n) is 10.9. The highest BCUT2D eigenvalue weighted by Gasteiger charge is 2.23. The summed E-state index contributed by atoms with van der Waals surface area (Å²) in [6.45, 7) is 5.31. The third-order valence-corrected chi connectivity index (χ3v) is 2.62. The van der Waals surface area contributed by atoms with E-state index in [-0.39, 0.29) is 5.97 Å². The third kappa shape index (κ3) is 4.14. The molecule has 18 heavy (non-hydrogen) atoms. The van der Waals surface area contributed by atoms with Gasteiger partial charge in [-0.2, -0.15) is 0 Å². The lowest BCUT2D eigenvalue weighted by Gasteiger charge is -2.12. The molecule has 0 aliphatic rings. The number of rotatable bonds is 3. The standard InChI is InChI=1S/C13H16BrNO3/c1-13(2,3)12(16)18-15-8-9-7-10(14)5-6-11(9)17-4/h5-8H,1-4H3. The van der Waals surface area contributed by atoms with Gasteiger partial charge in [0.25, 0.3) is 0 Å². The molecule has 1 aromatic rings. The summed E-state index contributed by atoms with van der Waals surface area (Å²) in [4.78, 5) is 16.3. The molecule has 0 radical (unpaired) electrons. The van der Waals surface area contributed by atoms with Gasteiger partial charge in [0.05, 0.1) is 18.7 Å². The van der Waals surface area contributed by atoms with Crippen molar-refractivity contribution in [3.63, 3.8) is 0 Å². The lowest BCUT2D eigenvalue weighted by atomic mass is 9.98. The zero-order valence-corrected chi connectivity index (χ0v) is 12.4. The molecule has 4 nitrogen and oxygen atoms in total. The number of benzene rings is 1. The molecule has 0 bridgehead atoms.